The molecule has 2 atom stereocenters. The number of rotatable bonds is 7. The molecule has 6 nitrogen and oxygen atoms in total. The Balaban J connectivity index is 1.86. The Morgan fingerprint density at radius 3 is 2.72 bits per heavy atom. The van der Waals surface area contributed by atoms with Gasteiger partial charge in [-0.05, 0) is 62.6 Å². The number of hydrogen-bond donors (Lipinski definition) is 3. The van der Waals surface area contributed by atoms with Crippen molar-refractivity contribution in [3.8, 4) is 10.4 Å². The predicted molar refractivity (Wildman–Crippen MR) is 119 cm³/mol. The molecule has 29 heavy (non-hydrogen) atoms. The van der Waals surface area contributed by atoms with Gasteiger partial charge in [0.05, 0.1) is 21.6 Å². The van der Waals surface area contributed by atoms with Crippen molar-refractivity contribution in [2.45, 2.75) is 70.4 Å². The SMILES string of the molecule is Cc1ccc(-c2sc(NCC(C)C)nc2C)cc1S(=O)(=O)NC1CCCC(O)C1. The Bertz CT molecular complexity index is 954. The van der Waals surface area contributed by atoms with Crippen molar-refractivity contribution in [2.75, 3.05) is 11.9 Å². The van der Waals surface area contributed by atoms with Crippen LogP contribution < -0.4 is 10.0 Å². The number of aliphatic hydroxyl groups is 1. The number of aliphatic hydroxyl groups excluding tert-OH is 1. The molecule has 0 amide bonds. The Hall–Kier alpha value is -1.48. The van der Waals surface area contributed by atoms with Crippen LogP contribution in [0.2, 0.25) is 0 Å². The molecule has 8 heteroatoms. The van der Waals surface area contributed by atoms with E-state index in [1.54, 1.807) is 17.4 Å². The topological polar surface area (TPSA) is 91.3 Å². The minimum Gasteiger partial charge on any atom is -0.393 e. The first kappa shape index (κ1) is 22.2. The third-order valence-corrected chi connectivity index (χ3v) is 7.99. The van der Waals surface area contributed by atoms with Crippen LogP contribution in [0.25, 0.3) is 10.4 Å². The Kier molecular flexibility index (Phi) is 6.98. The molecular formula is C21H31N3O3S2. The van der Waals surface area contributed by atoms with Crippen molar-refractivity contribution in [3.05, 3.63) is 29.5 Å². The van der Waals surface area contributed by atoms with Gasteiger partial charge in [0.2, 0.25) is 10.0 Å². The highest BCUT2D eigenvalue weighted by Crippen LogP contribution is 2.35. The molecule has 1 heterocycles. The summed E-state index contributed by atoms with van der Waals surface area (Å²) in [6.45, 7) is 8.88. The normalized spacial score (nSPS) is 20.2. The average Bonchev–Trinajstić information content (AvgIpc) is 3.00. The summed E-state index contributed by atoms with van der Waals surface area (Å²) >= 11 is 1.55. The molecular weight excluding hydrogens is 406 g/mol. The van der Waals surface area contributed by atoms with Crippen molar-refractivity contribution in [1.29, 1.82) is 0 Å². The monoisotopic (exact) mass is 437 g/mol. The Morgan fingerprint density at radius 1 is 1.28 bits per heavy atom. The minimum atomic E-state index is -3.66. The van der Waals surface area contributed by atoms with E-state index in [-0.39, 0.29) is 6.04 Å². The number of aryl methyl sites for hydroxylation is 2. The van der Waals surface area contributed by atoms with Crippen LogP contribution in [0.15, 0.2) is 23.1 Å². The first-order chi connectivity index (χ1) is 13.7. The van der Waals surface area contributed by atoms with Gasteiger partial charge in [-0.3, -0.25) is 0 Å². The maximum Gasteiger partial charge on any atom is 0.241 e. The molecule has 0 saturated heterocycles. The van der Waals surface area contributed by atoms with Crippen LogP contribution in [0.3, 0.4) is 0 Å². The third kappa shape index (κ3) is 5.57. The van der Waals surface area contributed by atoms with Gasteiger partial charge in [0.25, 0.3) is 0 Å². The number of anilines is 1. The lowest BCUT2D eigenvalue weighted by Crippen LogP contribution is -2.39. The molecule has 1 aromatic carbocycles. The van der Waals surface area contributed by atoms with E-state index in [1.165, 1.54) is 0 Å². The van der Waals surface area contributed by atoms with Crippen molar-refractivity contribution >= 4 is 26.5 Å². The van der Waals surface area contributed by atoms with Crippen LogP contribution in [-0.2, 0) is 10.0 Å². The fourth-order valence-corrected chi connectivity index (χ4v) is 6.14. The zero-order chi connectivity index (χ0) is 21.2. The second kappa shape index (κ2) is 9.12. The maximum absolute atomic E-state index is 13.1. The van der Waals surface area contributed by atoms with Crippen LogP contribution in [0, 0.1) is 19.8 Å². The molecule has 1 aliphatic carbocycles. The first-order valence-electron chi connectivity index (χ1n) is 10.2. The quantitative estimate of drug-likeness (QED) is 0.607. The highest BCUT2D eigenvalue weighted by Gasteiger charge is 2.27. The van der Waals surface area contributed by atoms with Crippen LogP contribution in [0.5, 0.6) is 0 Å². The van der Waals surface area contributed by atoms with E-state index in [2.05, 4.69) is 28.9 Å². The summed E-state index contributed by atoms with van der Waals surface area (Å²) in [5.74, 6) is 0.517. The molecule has 3 rings (SSSR count). The van der Waals surface area contributed by atoms with Crippen molar-refractivity contribution < 1.29 is 13.5 Å². The van der Waals surface area contributed by atoms with E-state index in [9.17, 15) is 13.5 Å². The van der Waals surface area contributed by atoms with Crippen molar-refractivity contribution in [3.63, 3.8) is 0 Å². The van der Waals surface area contributed by atoms with Gasteiger partial charge in [-0.1, -0.05) is 37.3 Å². The van der Waals surface area contributed by atoms with E-state index < -0.39 is 16.1 Å². The number of hydrogen-bond acceptors (Lipinski definition) is 6. The molecule has 3 N–H and O–H groups in total. The standard InChI is InChI=1S/C21H31N3O3S2/c1-13(2)12-22-21-23-15(4)20(28-21)16-9-8-14(3)19(10-16)29(26,27)24-17-6-5-7-18(25)11-17/h8-10,13,17-18,24-25H,5-7,11-12H2,1-4H3,(H,22,23). The number of sulfonamides is 1. The minimum absolute atomic E-state index is 0.219. The van der Waals surface area contributed by atoms with E-state index in [4.69, 9.17) is 0 Å². The fraction of sp³-hybridized carbons (Fsp3) is 0.571. The second-order valence-electron chi connectivity index (χ2n) is 8.33. The predicted octanol–water partition coefficient (Wildman–Crippen LogP) is 4.08. The summed E-state index contributed by atoms with van der Waals surface area (Å²) < 4.78 is 28.9. The van der Waals surface area contributed by atoms with Gasteiger partial charge >= 0.3 is 0 Å². The molecule has 0 spiro atoms. The lowest BCUT2D eigenvalue weighted by molar-refractivity contribution is 0.117. The van der Waals surface area contributed by atoms with Gasteiger partial charge in [0, 0.05) is 12.6 Å². The number of benzene rings is 1. The zero-order valence-electron chi connectivity index (χ0n) is 17.5. The van der Waals surface area contributed by atoms with Gasteiger partial charge in [0.1, 0.15) is 0 Å². The summed E-state index contributed by atoms with van der Waals surface area (Å²) in [5, 5.41) is 14.1. The summed E-state index contributed by atoms with van der Waals surface area (Å²) in [6, 6.07) is 5.32. The van der Waals surface area contributed by atoms with Gasteiger partial charge in [-0.25, -0.2) is 18.1 Å². The Labute approximate surface area is 177 Å². The van der Waals surface area contributed by atoms with Crippen molar-refractivity contribution in [2.24, 2.45) is 5.92 Å². The van der Waals surface area contributed by atoms with Crippen LogP contribution >= 0.6 is 11.3 Å². The Morgan fingerprint density at radius 2 is 2.03 bits per heavy atom. The molecule has 0 bridgehead atoms. The zero-order valence-corrected chi connectivity index (χ0v) is 19.2. The number of nitrogens with zero attached hydrogens (tertiary/aromatic N) is 1. The molecule has 2 aromatic rings. The van der Waals surface area contributed by atoms with Gasteiger partial charge in [-0.15, -0.1) is 0 Å². The van der Waals surface area contributed by atoms with E-state index in [1.807, 2.05) is 26.0 Å². The van der Waals surface area contributed by atoms with Crippen LogP contribution in [0.1, 0.15) is 50.8 Å². The molecule has 1 aliphatic rings. The summed E-state index contributed by atoms with van der Waals surface area (Å²) in [6.07, 6.45) is 2.37. The lowest BCUT2D eigenvalue weighted by atomic mass is 9.94. The summed E-state index contributed by atoms with van der Waals surface area (Å²) in [5.41, 5.74) is 2.45. The fourth-order valence-electron chi connectivity index (χ4n) is 3.62. The maximum atomic E-state index is 13.1. The van der Waals surface area contributed by atoms with E-state index in [0.29, 0.717) is 22.8 Å². The molecule has 160 valence electrons. The summed E-state index contributed by atoms with van der Waals surface area (Å²) in [7, 11) is -3.66. The second-order valence-corrected chi connectivity index (χ2v) is 11.0. The van der Waals surface area contributed by atoms with Gasteiger partial charge in [-0.2, -0.15) is 0 Å². The molecule has 1 aromatic heterocycles. The van der Waals surface area contributed by atoms with E-state index in [0.717, 1.165) is 47.1 Å². The van der Waals surface area contributed by atoms with Crippen molar-refractivity contribution in [1.82, 2.24) is 9.71 Å². The average molecular weight is 438 g/mol. The van der Waals surface area contributed by atoms with Crippen LogP contribution in [-0.4, -0.2) is 37.2 Å². The largest absolute Gasteiger partial charge is 0.393 e. The van der Waals surface area contributed by atoms with Gasteiger partial charge < -0.3 is 10.4 Å². The highest BCUT2D eigenvalue weighted by molar-refractivity contribution is 7.89. The van der Waals surface area contributed by atoms with E-state index >= 15 is 0 Å². The lowest BCUT2D eigenvalue weighted by Gasteiger charge is -2.26. The third-order valence-electron chi connectivity index (χ3n) is 5.17. The molecule has 0 radical (unpaired) electrons. The summed E-state index contributed by atoms with van der Waals surface area (Å²) in [4.78, 5) is 5.85. The van der Waals surface area contributed by atoms with Gasteiger partial charge in [0.15, 0.2) is 5.13 Å². The highest BCUT2D eigenvalue weighted by atomic mass is 32.2. The molecule has 1 fully saturated rings. The number of thiazole rings is 1. The first-order valence-corrected chi connectivity index (χ1v) is 12.5. The molecule has 2 unspecified atom stereocenters. The smallest absolute Gasteiger partial charge is 0.241 e. The molecule has 0 aliphatic heterocycles. The number of aromatic nitrogens is 1. The van der Waals surface area contributed by atoms with Crippen LogP contribution in [0.4, 0.5) is 5.13 Å². The number of nitrogens with one attached hydrogen (secondary N) is 2. The molecule has 1 saturated carbocycles.